The molecule has 0 bridgehead atoms. The van der Waals surface area contributed by atoms with Gasteiger partial charge in [0.05, 0.1) is 19.3 Å². The molecule has 2 aliphatic heterocycles. The van der Waals surface area contributed by atoms with Crippen molar-refractivity contribution in [2.75, 3.05) is 32.9 Å². The first-order valence-electron chi connectivity index (χ1n) is 9.39. The molecule has 134 valence electrons. The molecule has 2 rings (SSSR count). The second kappa shape index (κ2) is 8.48. The lowest BCUT2D eigenvalue weighted by molar-refractivity contribution is -0.142. The first kappa shape index (κ1) is 18.7. The molecule has 2 atom stereocenters. The molecule has 2 heterocycles. The molecule has 0 radical (unpaired) electrons. The van der Waals surface area contributed by atoms with Crippen LogP contribution in [0.25, 0.3) is 0 Å². The van der Waals surface area contributed by atoms with Crippen LogP contribution in [0, 0.1) is 17.3 Å². The zero-order valence-electron chi connectivity index (χ0n) is 15.5. The average Bonchev–Trinajstić information content (AvgIpc) is 2.54. The van der Waals surface area contributed by atoms with Crippen LogP contribution in [0.3, 0.4) is 0 Å². The van der Waals surface area contributed by atoms with Gasteiger partial charge in [-0.2, -0.15) is 0 Å². The zero-order chi connectivity index (χ0) is 16.9. The number of amides is 1. The lowest BCUT2D eigenvalue weighted by Crippen LogP contribution is -2.45. The molecule has 23 heavy (non-hydrogen) atoms. The van der Waals surface area contributed by atoms with Crippen LogP contribution in [0.15, 0.2) is 0 Å². The summed E-state index contributed by atoms with van der Waals surface area (Å²) < 4.78 is 11.4. The van der Waals surface area contributed by atoms with Gasteiger partial charge < -0.3 is 14.4 Å². The Bertz CT molecular complexity index is 377. The lowest BCUT2D eigenvalue weighted by Gasteiger charge is -2.43. The summed E-state index contributed by atoms with van der Waals surface area (Å²) in [5.74, 6) is 1.53. The van der Waals surface area contributed by atoms with Gasteiger partial charge in [-0.25, -0.2) is 0 Å². The van der Waals surface area contributed by atoms with Crippen LogP contribution in [0.2, 0.25) is 0 Å². The highest BCUT2D eigenvalue weighted by molar-refractivity contribution is 5.77. The van der Waals surface area contributed by atoms with Crippen LogP contribution < -0.4 is 0 Å². The van der Waals surface area contributed by atoms with E-state index in [4.69, 9.17) is 9.47 Å². The molecule has 4 nitrogen and oxygen atoms in total. The van der Waals surface area contributed by atoms with Gasteiger partial charge in [-0.1, -0.05) is 34.1 Å². The van der Waals surface area contributed by atoms with Crippen molar-refractivity contribution >= 4 is 5.91 Å². The van der Waals surface area contributed by atoms with Crippen LogP contribution in [0.4, 0.5) is 0 Å². The van der Waals surface area contributed by atoms with Gasteiger partial charge >= 0.3 is 0 Å². The predicted octanol–water partition coefficient (Wildman–Crippen LogP) is 3.49. The van der Waals surface area contributed by atoms with Gasteiger partial charge in [0.1, 0.15) is 0 Å². The summed E-state index contributed by atoms with van der Waals surface area (Å²) in [4.78, 5) is 14.8. The van der Waals surface area contributed by atoms with E-state index < -0.39 is 0 Å². The molecule has 0 spiro atoms. The minimum absolute atomic E-state index is 0.132. The van der Waals surface area contributed by atoms with Gasteiger partial charge in [0.2, 0.25) is 5.91 Å². The van der Waals surface area contributed by atoms with Crippen LogP contribution in [0.5, 0.6) is 0 Å². The van der Waals surface area contributed by atoms with Gasteiger partial charge in [-0.3, -0.25) is 4.79 Å². The Hall–Kier alpha value is -0.610. The minimum Gasteiger partial charge on any atom is -0.378 e. The number of hydrogen-bond acceptors (Lipinski definition) is 3. The second-order valence-corrected chi connectivity index (χ2v) is 8.21. The Morgan fingerprint density at radius 2 is 1.87 bits per heavy atom. The van der Waals surface area contributed by atoms with Gasteiger partial charge in [-0.05, 0) is 36.5 Å². The Morgan fingerprint density at radius 3 is 2.48 bits per heavy atom. The molecule has 0 aromatic carbocycles. The summed E-state index contributed by atoms with van der Waals surface area (Å²) in [7, 11) is 0. The van der Waals surface area contributed by atoms with E-state index in [1.165, 1.54) is 6.42 Å². The number of carbonyl (C=O) groups excluding carboxylic acids is 1. The Balaban J connectivity index is 2.04. The van der Waals surface area contributed by atoms with Crippen molar-refractivity contribution in [1.29, 1.82) is 0 Å². The minimum atomic E-state index is 0.132. The van der Waals surface area contributed by atoms with E-state index in [0.717, 1.165) is 39.0 Å². The van der Waals surface area contributed by atoms with E-state index in [-0.39, 0.29) is 5.41 Å². The van der Waals surface area contributed by atoms with E-state index in [1.54, 1.807) is 0 Å². The Kier molecular flexibility index (Phi) is 6.90. The van der Waals surface area contributed by atoms with Crippen molar-refractivity contribution in [3.63, 3.8) is 0 Å². The van der Waals surface area contributed by atoms with Crippen molar-refractivity contribution in [3.8, 4) is 0 Å². The average molecular weight is 325 g/mol. The summed E-state index contributed by atoms with van der Waals surface area (Å²) in [5.41, 5.74) is 0.132. The van der Waals surface area contributed by atoms with Gasteiger partial charge in [-0.15, -0.1) is 0 Å². The summed E-state index contributed by atoms with van der Waals surface area (Å²) in [6.45, 7) is 12.7. The van der Waals surface area contributed by atoms with Gasteiger partial charge in [0.25, 0.3) is 0 Å². The Labute approximate surface area is 141 Å². The third-order valence-electron chi connectivity index (χ3n) is 5.48. The predicted molar refractivity (Wildman–Crippen MR) is 92.3 cm³/mol. The fourth-order valence-corrected chi connectivity index (χ4v) is 3.76. The third-order valence-corrected chi connectivity index (χ3v) is 5.48. The van der Waals surface area contributed by atoms with Crippen molar-refractivity contribution in [3.05, 3.63) is 0 Å². The Morgan fingerprint density at radius 1 is 1.17 bits per heavy atom. The van der Waals surface area contributed by atoms with E-state index in [2.05, 4.69) is 27.7 Å². The topological polar surface area (TPSA) is 38.8 Å². The van der Waals surface area contributed by atoms with E-state index in [0.29, 0.717) is 43.5 Å². The highest BCUT2D eigenvalue weighted by Gasteiger charge is 2.40. The quantitative estimate of drug-likeness (QED) is 0.750. The fraction of sp³-hybridized carbons (Fsp3) is 0.947. The van der Waals surface area contributed by atoms with Crippen LogP contribution in [0.1, 0.15) is 59.8 Å². The lowest BCUT2D eigenvalue weighted by atomic mass is 9.69. The summed E-state index contributed by atoms with van der Waals surface area (Å²) in [6, 6.07) is 0. The summed E-state index contributed by atoms with van der Waals surface area (Å²) >= 11 is 0. The van der Waals surface area contributed by atoms with Gasteiger partial charge in [0, 0.05) is 26.1 Å². The molecule has 0 aromatic heterocycles. The first-order chi connectivity index (χ1) is 10.9. The number of hydrogen-bond donors (Lipinski definition) is 0. The molecule has 2 saturated heterocycles. The zero-order valence-corrected chi connectivity index (χ0v) is 15.5. The van der Waals surface area contributed by atoms with Crippen molar-refractivity contribution in [1.82, 2.24) is 4.90 Å². The molecule has 0 N–H and O–H groups in total. The summed E-state index contributed by atoms with van der Waals surface area (Å²) in [6.07, 6.45) is 5.39. The maximum absolute atomic E-state index is 12.8. The smallest absolute Gasteiger partial charge is 0.223 e. The monoisotopic (exact) mass is 325 g/mol. The van der Waals surface area contributed by atoms with E-state index >= 15 is 0 Å². The van der Waals surface area contributed by atoms with Crippen molar-refractivity contribution in [2.45, 2.75) is 65.9 Å². The number of nitrogens with zero attached hydrogens (tertiary/aromatic N) is 1. The molecule has 2 aliphatic rings. The summed E-state index contributed by atoms with van der Waals surface area (Å²) in [5, 5.41) is 0. The first-order valence-corrected chi connectivity index (χ1v) is 9.39. The van der Waals surface area contributed by atoms with Crippen LogP contribution >= 0.6 is 0 Å². The normalized spacial score (nSPS) is 29.3. The molecule has 4 heteroatoms. The maximum Gasteiger partial charge on any atom is 0.223 e. The van der Waals surface area contributed by atoms with E-state index in [1.807, 2.05) is 4.90 Å². The molecule has 0 aliphatic carbocycles. The molecule has 2 fully saturated rings. The van der Waals surface area contributed by atoms with Crippen LogP contribution in [-0.4, -0.2) is 49.8 Å². The highest BCUT2D eigenvalue weighted by atomic mass is 16.5. The van der Waals surface area contributed by atoms with Crippen LogP contribution in [-0.2, 0) is 14.3 Å². The number of ether oxygens (including phenoxy) is 2. The molecule has 0 saturated carbocycles. The van der Waals surface area contributed by atoms with Gasteiger partial charge in [0.15, 0.2) is 0 Å². The largest absolute Gasteiger partial charge is 0.378 e. The standard InChI is InChI=1S/C19H35NO3/c1-15(2)5-6-19(7-10-23-17(13-19)16(3)4)14-18(21)20-8-11-22-12-9-20/h15-17H,5-14H2,1-4H3/t17-,19-/m0/s1. The van der Waals surface area contributed by atoms with Crippen molar-refractivity contribution in [2.24, 2.45) is 17.3 Å². The number of morpholine rings is 1. The molecular weight excluding hydrogens is 290 g/mol. The molecular formula is C19H35NO3. The molecule has 1 amide bonds. The molecule has 0 unspecified atom stereocenters. The maximum atomic E-state index is 12.8. The highest BCUT2D eigenvalue weighted by Crippen LogP contribution is 2.43. The molecule has 0 aromatic rings. The second-order valence-electron chi connectivity index (χ2n) is 8.21. The van der Waals surface area contributed by atoms with E-state index in [9.17, 15) is 4.79 Å². The third kappa shape index (κ3) is 5.46. The fourth-order valence-electron chi connectivity index (χ4n) is 3.76. The van der Waals surface area contributed by atoms with Crippen molar-refractivity contribution < 1.29 is 14.3 Å². The number of rotatable bonds is 6. The number of carbonyl (C=O) groups is 1. The SMILES string of the molecule is CC(C)CC[C@]1(CC(=O)N2CCOCC2)CCO[C@H](C(C)C)C1.